The van der Waals surface area contributed by atoms with Gasteiger partial charge in [-0.25, -0.2) is 0 Å². The molecule has 4 aliphatic rings. The van der Waals surface area contributed by atoms with Gasteiger partial charge in [0.15, 0.2) is 0 Å². The SMILES string of the molecule is CC1(C)c2ccc3c(ccc4ccc(N(C5=CC=C(C6C=CC=CC6)CC5)c5cccc6ccccc56)cc43)c2C2C=CC=CC21. The molecule has 9 rings (SSSR count). The Morgan fingerprint density at radius 2 is 1.46 bits per heavy atom. The van der Waals surface area contributed by atoms with Crippen LogP contribution in [0, 0.1) is 11.8 Å². The molecule has 3 unspecified atom stereocenters. The number of anilines is 2. The van der Waals surface area contributed by atoms with Gasteiger partial charge in [-0.1, -0.05) is 141 Å². The van der Waals surface area contributed by atoms with Gasteiger partial charge >= 0.3 is 0 Å². The molecule has 0 saturated carbocycles. The molecule has 4 aliphatic carbocycles. The third-order valence-electron chi connectivity index (χ3n) is 11.2. The molecule has 0 aromatic heterocycles. The zero-order valence-corrected chi connectivity index (χ0v) is 26.7. The fraction of sp³-hybridized carbons (Fsp3) is 0.200. The first-order valence-electron chi connectivity index (χ1n) is 16.9. The molecule has 0 fully saturated rings. The lowest BCUT2D eigenvalue weighted by Crippen LogP contribution is -2.24. The summed E-state index contributed by atoms with van der Waals surface area (Å²) in [7, 11) is 0. The van der Waals surface area contributed by atoms with Crippen LogP contribution in [0.2, 0.25) is 0 Å². The molecule has 46 heavy (non-hydrogen) atoms. The lowest BCUT2D eigenvalue weighted by atomic mass is 9.74. The van der Waals surface area contributed by atoms with E-state index in [-0.39, 0.29) is 5.41 Å². The molecule has 224 valence electrons. The smallest absolute Gasteiger partial charge is 0.0536 e. The average Bonchev–Trinajstić information content (AvgIpc) is 3.35. The molecule has 0 bridgehead atoms. The molecule has 0 aliphatic heterocycles. The van der Waals surface area contributed by atoms with Crippen molar-refractivity contribution in [3.05, 3.63) is 168 Å². The van der Waals surface area contributed by atoms with Crippen molar-refractivity contribution in [3.8, 4) is 0 Å². The van der Waals surface area contributed by atoms with E-state index in [1.54, 1.807) is 0 Å². The van der Waals surface area contributed by atoms with Gasteiger partial charge in [0.25, 0.3) is 0 Å². The molecule has 0 spiro atoms. The minimum atomic E-state index is 0.112. The van der Waals surface area contributed by atoms with Crippen molar-refractivity contribution in [2.45, 2.75) is 44.4 Å². The molecule has 1 nitrogen and oxygen atoms in total. The normalized spacial score (nSPS) is 22.6. The van der Waals surface area contributed by atoms with Crippen molar-refractivity contribution in [3.63, 3.8) is 0 Å². The minimum absolute atomic E-state index is 0.112. The number of allylic oxidation sites excluding steroid dienone is 12. The summed E-state index contributed by atoms with van der Waals surface area (Å²) in [6, 6.07) is 32.2. The Morgan fingerprint density at radius 3 is 2.33 bits per heavy atom. The van der Waals surface area contributed by atoms with Crippen molar-refractivity contribution >= 4 is 43.7 Å². The van der Waals surface area contributed by atoms with E-state index < -0.39 is 0 Å². The van der Waals surface area contributed by atoms with Crippen LogP contribution in [0.1, 0.15) is 50.2 Å². The zero-order valence-electron chi connectivity index (χ0n) is 26.7. The minimum Gasteiger partial charge on any atom is -0.314 e. The summed E-state index contributed by atoms with van der Waals surface area (Å²) >= 11 is 0. The van der Waals surface area contributed by atoms with Gasteiger partial charge in [-0.2, -0.15) is 0 Å². The van der Waals surface area contributed by atoms with Crippen LogP contribution in [-0.2, 0) is 5.41 Å². The van der Waals surface area contributed by atoms with Crippen LogP contribution >= 0.6 is 0 Å². The molecule has 3 atom stereocenters. The van der Waals surface area contributed by atoms with E-state index in [2.05, 4.69) is 164 Å². The number of rotatable bonds is 4. The molecule has 1 heteroatoms. The van der Waals surface area contributed by atoms with E-state index in [0.717, 1.165) is 19.3 Å². The molecule has 0 radical (unpaired) electrons. The second-order valence-electron chi connectivity index (χ2n) is 14.0. The Morgan fingerprint density at radius 1 is 0.652 bits per heavy atom. The second-order valence-corrected chi connectivity index (χ2v) is 14.0. The highest BCUT2D eigenvalue weighted by molar-refractivity contribution is 6.11. The van der Waals surface area contributed by atoms with Gasteiger partial charge in [-0.3, -0.25) is 0 Å². The molecular weight excluding hydrogens is 555 g/mol. The summed E-state index contributed by atoms with van der Waals surface area (Å²) in [4.78, 5) is 2.53. The van der Waals surface area contributed by atoms with Crippen molar-refractivity contribution < 1.29 is 0 Å². The quantitative estimate of drug-likeness (QED) is 0.187. The van der Waals surface area contributed by atoms with Crippen LogP contribution in [0.5, 0.6) is 0 Å². The average molecular weight is 594 g/mol. The standard InChI is InChI=1S/C45H39N/c1-45(2)41-17-9-8-16-39(41)44-38-26-22-33-21-25-35(29-40(33)37(38)27-28-42(44)45)46(43-18-10-14-32-13-6-7-15-36(32)43)34-23-19-31(20-24-34)30-11-4-3-5-12-30/h3-11,13-19,21-23,25-30,39,41H,12,20,24H2,1-2H3. The maximum atomic E-state index is 2.53. The van der Waals surface area contributed by atoms with E-state index in [0.29, 0.717) is 17.8 Å². The monoisotopic (exact) mass is 593 g/mol. The van der Waals surface area contributed by atoms with Crippen LogP contribution in [0.4, 0.5) is 11.4 Å². The molecular formula is C45H39N. The third kappa shape index (κ3) is 4.22. The predicted molar refractivity (Wildman–Crippen MR) is 197 cm³/mol. The Balaban J connectivity index is 1.23. The van der Waals surface area contributed by atoms with Gasteiger partial charge in [-0.05, 0) is 92.9 Å². The van der Waals surface area contributed by atoms with Crippen molar-refractivity contribution in [2.75, 3.05) is 4.90 Å². The molecule has 0 saturated heterocycles. The maximum Gasteiger partial charge on any atom is 0.0536 e. The highest BCUT2D eigenvalue weighted by Gasteiger charge is 2.45. The lowest BCUT2D eigenvalue weighted by Gasteiger charge is -2.32. The summed E-state index contributed by atoms with van der Waals surface area (Å²) < 4.78 is 0. The Labute approximate surface area is 272 Å². The largest absolute Gasteiger partial charge is 0.314 e. The lowest BCUT2D eigenvalue weighted by molar-refractivity contribution is 0.394. The van der Waals surface area contributed by atoms with Crippen LogP contribution in [-0.4, -0.2) is 0 Å². The number of fused-ring (bicyclic) bond motifs is 8. The van der Waals surface area contributed by atoms with Crippen LogP contribution in [0.3, 0.4) is 0 Å². The first-order valence-corrected chi connectivity index (χ1v) is 16.9. The number of nitrogens with zero attached hydrogens (tertiary/aromatic N) is 1. The van der Waals surface area contributed by atoms with Crippen LogP contribution in [0.25, 0.3) is 32.3 Å². The highest BCUT2D eigenvalue weighted by atomic mass is 15.1. The van der Waals surface area contributed by atoms with Crippen molar-refractivity contribution in [1.29, 1.82) is 0 Å². The predicted octanol–water partition coefficient (Wildman–Crippen LogP) is 12.1. The molecule has 5 aromatic carbocycles. The van der Waals surface area contributed by atoms with E-state index in [4.69, 9.17) is 0 Å². The number of hydrogen-bond donors (Lipinski definition) is 0. The molecule has 0 heterocycles. The summed E-state index contributed by atoms with van der Waals surface area (Å²) in [5, 5.41) is 7.92. The van der Waals surface area contributed by atoms with Gasteiger partial charge in [0.2, 0.25) is 0 Å². The van der Waals surface area contributed by atoms with E-state index in [9.17, 15) is 0 Å². The molecule has 0 amide bonds. The molecule has 5 aromatic rings. The second kappa shape index (κ2) is 10.6. The van der Waals surface area contributed by atoms with Crippen LogP contribution < -0.4 is 4.90 Å². The van der Waals surface area contributed by atoms with Crippen molar-refractivity contribution in [2.24, 2.45) is 11.8 Å². The zero-order chi connectivity index (χ0) is 30.8. The van der Waals surface area contributed by atoms with Crippen LogP contribution in [0.15, 0.2) is 157 Å². The van der Waals surface area contributed by atoms with Gasteiger partial charge in [0.1, 0.15) is 0 Å². The van der Waals surface area contributed by atoms with E-state index in [1.807, 2.05) is 0 Å². The van der Waals surface area contributed by atoms with E-state index in [1.165, 1.54) is 66.1 Å². The van der Waals surface area contributed by atoms with Gasteiger partial charge in [0.05, 0.1) is 5.69 Å². The fourth-order valence-corrected chi connectivity index (χ4v) is 8.81. The Hall–Kier alpha value is -4.88. The fourth-order valence-electron chi connectivity index (χ4n) is 8.81. The highest BCUT2D eigenvalue weighted by Crippen LogP contribution is 2.55. The Bertz CT molecular complexity index is 2230. The maximum absolute atomic E-state index is 2.53. The number of benzene rings is 5. The summed E-state index contributed by atoms with van der Waals surface area (Å²) in [5.74, 6) is 1.44. The van der Waals surface area contributed by atoms with Crippen molar-refractivity contribution in [1.82, 2.24) is 0 Å². The van der Waals surface area contributed by atoms with Gasteiger partial charge in [-0.15, -0.1) is 0 Å². The molecule has 0 N–H and O–H groups in total. The topological polar surface area (TPSA) is 3.24 Å². The van der Waals surface area contributed by atoms with Gasteiger partial charge in [0, 0.05) is 28.6 Å². The summed E-state index contributed by atoms with van der Waals surface area (Å²) in [6.07, 6.45) is 26.3. The number of hydrogen-bond acceptors (Lipinski definition) is 1. The summed E-state index contributed by atoms with van der Waals surface area (Å²) in [5.41, 5.74) is 8.47. The first-order chi connectivity index (χ1) is 22.6. The first kappa shape index (κ1) is 27.4. The van der Waals surface area contributed by atoms with Gasteiger partial charge < -0.3 is 4.90 Å². The van der Waals surface area contributed by atoms with E-state index >= 15 is 0 Å². The summed E-state index contributed by atoms with van der Waals surface area (Å²) in [6.45, 7) is 4.85. The Kier molecular flexibility index (Phi) is 6.32. The third-order valence-corrected chi connectivity index (χ3v) is 11.2.